The van der Waals surface area contributed by atoms with E-state index < -0.39 is 0 Å². The molecule has 0 unspecified atom stereocenters. The molecule has 1 aliphatic rings. The topological polar surface area (TPSA) is 49.4 Å². The van der Waals surface area contributed by atoms with Crippen LogP contribution in [-0.4, -0.2) is 23.3 Å². The van der Waals surface area contributed by atoms with E-state index in [4.69, 9.17) is 0 Å². The second-order valence-electron chi connectivity index (χ2n) is 7.67. The van der Waals surface area contributed by atoms with E-state index in [-0.39, 0.29) is 11.8 Å². The first-order valence-electron chi connectivity index (χ1n) is 9.76. The van der Waals surface area contributed by atoms with Gasteiger partial charge in [-0.3, -0.25) is 9.59 Å². The van der Waals surface area contributed by atoms with E-state index in [1.54, 1.807) is 0 Å². The minimum Gasteiger partial charge on any atom is -0.333 e. The summed E-state index contributed by atoms with van der Waals surface area (Å²) >= 11 is 1.47. The molecule has 0 saturated heterocycles. The van der Waals surface area contributed by atoms with Gasteiger partial charge in [0.1, 0.15) is 0 Å². The number of carbonyl (C=O) groups is 2. The number of thiophene rings is 1. The van der Waals surface area contributed by atoms with Gasteiger partial charge in [0.25, 0.3) is 11.8 Å². The van der Waals surface area contributed by atoms with Crippen LogP contribution in [0.15, 0.2) is 47.8 Å². The molecular weight excluding hydrogens is 380 g/mol. The number of nitrogens with one attached hydrogen (secondary N) is 1. The lowest BCUT2D eigenvalue weighted by atomic mass is 9.97. The van der Waals surface area contributed by atoms with E-state index >= 15 is 0 Å². The van der Waals surface area contributed by atoms with Crippen molar-refractivity contribution in [3.05, 3.63) is 86.1 Å². The van der Waals surface area contributed by atoms with Gasteiger partial charge in [-0.25, -0.2) is 0 Å². The summed E-state index contributed by atoms with van der Waals surface area (Å²) in [6.45, 7) is 7.26. The highest BCUT2D eigenvalue weighted by atomic mass is 32.1. The summed E-state index contributed by atoms with van der Waals surface area (Å²) in [5, 5.41) is 4.97. The van der Waals surface area contributed by atoms with Gasteiger partial charge in [-0.1, -0.05) is 29.8 Å². The maximum absolute atomic E-state index is 12.9. The Morgan fingerprint density at radius 2 is 1.76 bits per heavy atom. The predicted molar refractivity (Wildman–Crippen MR) is 118 cm³/mol. The summed E-state index contributed by atoms with van der Waals surface area (Å²) in [6.07, 6.45) is 0.830. The number of benzene rings is 2. The first-order valence-corrected chi connectivity index (χ1v) is 10.6. The monoisotopic (exact) mass is 404 g/mol. The molecule has 148 valence electrons. The van der Waals surface area contributed by atoms with Gasteiger partial charge in [0.05, 0.1) is 4.88 Å². The van der Waals surface area contributed by atoms with E-state index in [9.17, 15) is 9.59 Å². The van der Waals surface area contributed by atoms with Crippen molar-refractivity contribution in [1.29, 1.82) is 0 Å². The molecule has 1 N–H and O–H groups in total. The number of nitrogens with zero attached hydrogens (tertiary/aromatic N) is 1. The standard InChI is InChI=1S/C24H24N2O2S/c1-15-11-16(2)22(17(3)12-15)23(27)25-20-7-6-18-8-9-26(14-19(18)13-20)24(28)21-5-4-10-29-21/h4-7,10-13H,8-9,14H2,1-3H3,(H,25,27). The highest BCUT2D eigenvalue weighted by Crippen LogP contribution is 2.26. The minimum absolute atomic E-state index is 0.0750. The fraction of sp³-hybridized carbons (Fsp3) is 0.250. The minimum atomic E-state index is -0.0951. The second kappa shape index (κ2) is 7.84. The van der Waals surface area contributed by atoms with Gasteiger partial charge in [0.15, 0.2) is 0 Å². The van der Waals surface area contributed by atoms with Crippen LogP contribution in [0.1, 0.15) is 47.8 Å². The molecule has 2 heterocycles. The number of hydrogen-bond acceptors (Lipinski definition) is 3. The zero-order valence-corrected chi connectivity index (χ0v) is 17.7. The molecule has 0 bridgehead atoms. The molecule has 5 heteroatoms. The summed E-state index contributed by atoms with van der Waals surface area (Å²) in [4.78, 5) is 28.2. The fourth-order valence-corrected chi connectivity index (χ4v) is 4.79. The van der Waals surface area contributed by atoms with Gasteiger partial charge in [0.2, 0.25) is 0 Å². The summed E-state index contributed by atoms with van der Waals surface area (Å²) in [7, 11) is 0. The van der Waals surface area contributed by atoms with Crippen molar-refractivity contribution in [2.45, 2.75) is 33.7 Å². The Bertz CT molecular complexity index is 1060. The molecule has 0 aliphatic carbocycles. The number of fused-ring (bicyclic) bond motifs is 1. The molecule has 2 amide bonds. The van der Waals surface area contributed by atoms with Crippen LogP contribution in [0.5, 0.6) is 0 Å². The Labute approximate surface area is 175 Å². The third kappa shape index (κ3) is 3.96. The van der Waals surface area contributed by atoms with E-state index in [0.717, 1.165) is 51.3 Å². The van der Waals surface area contributed by atoms with E-state index in [2.05, 4.69) is 11.4 Å². The third-order valence-electron chi connectivity index (χ3n) is 5.40. The Morgan fingerprint density at radius 3 is 2.45 bits per heavy atom. The van der Waals surface area contributed by atoms with E-state index in [1.165, 1.54) is 16.9 Å². The summed E-state index contributed by atoms with van der Waals surface area (Å²) in [6, 6.07) is 13.8. The molecule has 0 atom stereocenters. The van der Waals surface area contributed by atoms with Crippen LogP contribution in [0.4, 0.5) is 5.69 Å². The van der Waals surface area contributed by atoms with Gasteiger partial charge in [-0.05, 0) is 73.0 Å². The van der Waals surface area contributed by atoms with Crippen LogP contribution in [0, 0.1) is 20.8 Å². The lowest BCUT2D eigenvalue weighted by Gasteiger charge is -2.29. The molecule has 1 aliphatic heterocycles. The molecule has 2 aromatic carbocycles. The zero-order valence-electron chi connectivity index (χ0n) is 16.9. The van der Waals surface area contributed by atoms with Crippen molar-refractivity contribution < 1.29 is 9.59 Å². The first-order chi connectivity index (χ1) is 13.9. The van der Waals surface area contributed by atoms with Gasteiger partial charge in [-0.15, -0.1) is 11.3 Å². The van der Waals surface area contributed by atoms with Crippen LogP contribution in [0.25, 0.3) is 0 Å². The SMILES string of the molecule is Cc1cc(C)c(C(=O)Nc2ccc3c(c2)CN(C(=O)c2cccs2)CC3)c(C)c1. The molecule has 0 spiro atoms. The highest BCUT2D eigenvalue weighted by Gasteiger charge is 2.23. The van der Waals surface area contributed by atoms with Crippen LogP contribution in [0.3, 0.4) is 0 Å². The van der Waals surface area contributed by atoms with Crippen LogP contribution in [0.2, 0.25) is 0 Å². The molecule has 4 rings (SSSR count). The van der Waals surface area contributed by atoms with E-state index in [0.29, 0.717) is 6.54 Å². The van der Waals surface area contributed by atoms with Crippen molar-refractivity contribution >= 4 is 28.8 Å². The van der Waals surface area contributed by atoms with Gasteiger partial charge in [-0.2, -0.15) is 0 Å². The molecule has 29 heavy (non-hydrogen) atoms. The molecule has 0 fully saturated rings. The maximum atomic E-state index is 12.9. The highest BCUT2D eigenvalue weighted by molar-refractivity contribution is 7.12. The van der Waals surface area contributed by atoms with Gasteiger partial charge >= 0.3 is 0 Å². The largest absolute Gasteiger partial charge is 0.333 e. The quantitative estimate of drug-likeness (QED) is 0.658. The Morgan fingerprint density at radius 1 is 1.00 bits per heavy atom. The van der Waals surface area contributed by atoms with Crippen molar-refractivity contribution in [3.8, 4) is 0 Å². The van der Waals surface area contributed by atoms with Gasteiger partial charge in [0, 0.05) is 24.3 Å². The maximum Gasteiger partial charge on any atom is 0.264 e. The van der Waals surface area contributed by atoms with Crippen LogP contribution < -0.4 is 5.32 Å². The average molecular weight is 405 g/mol. The smallest absolute Gasteiger partial charge is 0.264 e. The first kappa shape index (κ1) is 19.4. The lowest BCUT2D eigenvalue weighted by Crippen LogP contribution is -2.35. The number of aryl methyl sites for hydroxylation is 3. The molecule has 0 radical (unpaired) electrons. The van der Waals surface area contributed by atoms with Crippen molar-refractivity contribution in [2.75, 3.05) is 11.9 Å². The Kier molecular flexibility index (Phi) is 5.24. The second-order valence-corrected chi connectivity index (χ2v) is 8.61. The summed E-state index contributed by atoms with van der Waals surface area (Å²) < 4.78 is 0. The average Bonchev–Trinajstić information content (AvgIpc) is 3.20. The zero-order chi connectivity index (χ0) is 20.5. The van der Waals surface area contributed by atoms with Crippen molar-refractivity contribution in [2.24, 2.45) is 0 Å². The van der Waals surface area contributed by atoms with Crippen LogP contribution in [-0.2, 0) is 13.0 Å². The summed E-state index contributed by atoms with van der Waals surface area (Å²) in [5.41, 5.74) is 6.93. The van der Waals surface area contributed by atoms with Crippen molar-refractivity contribution in [1.82, 2.24) is 4.90 Å². The normalized spacial score (nSPS) is 13.1. The molecular formula is C24H24N2O2S. The molecule has 4 nitrogen and oxygen atoms in total. The Balaban J connectivity index is 1.54. The van der Waals surface area contributed by atoms with Crippen LogP contribution >= 0.6 is 11.3 Å². The number of rotatable bonds is 3. The van der Waals surface area contributed by atoms with Gasteiger partial charge < -0.3 is 10.2 Å². The number of carbonyl (C=O) groups excluding carboxylic acids is 2. The lowest BCUT2D eigenvalue weighted by molar-refractivity contribution is 0.0739. The van der Waals surface area contributed by atoms with E-state index in [1.807, 2.05) is 67.4 Å². The Hall–Kier alpha value is -2.92. The van der Waals surface area contributed by atoms with Crippen molar-refractivity contribution in [3.63, 3.8) is 0 Å². The third-order valence-corrected chi connectivity index (χ3v) is 6.26. The molecule has 1 aromatic heterocycles. The number of amides is 2. The predicted octanol–water partition coefficient (Wildman–Crippen LogP) is 5.12. The fourth-order valence-electron chi connectivity index (χ4n) is 4.10. The number of hydrogen-bond donors (Lipinski definition) is 1. The molecule has 3 aromatic rings. The molecule has 0 saturated carbocycles. The number of anilines is 1. The summed E-state index contributed by atoms with van der Waals surface area (Å²) in [5.74, 6) is -0.0201.